The third-order valence-electron chi connectivity index (χ3n) is 5.68. The van der Waals surface area contributed by atoms with Crippen LogP contribution in [0.4, 0.5) is 0 Å². The number of hydrogen-bond donors (Lipinski definition) is 0. The molecule has 142 valence electrons. The molecule has 0 saturated heterocycles. The Morgan fingerprint density at radius 3 is 2.59 bits per heavy atom. The Balaban J connectivity index is 1.46. The van der Waals surface area contributed by atoms with Gasteiger partial charge in [0.1, 0.15) is 12.4 Å². The van der Waals surface area contributed by atoms with Crippen molar-refractivity contribution in [1.29, 1.82) is 0 Å². The van der Waals surface area contributed by atoms with E-state index in [1.165, 1.54) is 48.9 Å². The first-order valence-corrected chi connectivity index (χ1v) is 9.98. The number of ether oxygens (including phenoxy) is 1. The molecule has 4 nitrogen and oxygen atoms in total. The minimum Gasteiger partial charge on any atom is -0.489 e. The summed E-state index contributed by atoms with van der Waals surface area (Å²) in [6, 6.07) is 14.5. The second-order valence-corrected chi connectivity index (χ2v) is 8.05. The Labute approximate surface area is 161 Å². The predicted octanol–water partition coefficient (Wildman–Crippen LogP) is 4.75. The van der Waals surface area contributed by atoms with Gasteiger partial charge in [0.2, 0.25) is 0 Å². The molecular weight excluding hydrogens is 334 g/mol. The SMILES string of the molecule is CN(C)C[C@H]1CC[C@H](c2cnn3ccc(OCc4ccccc4)cc23)CC1. The van der Waals surface area contributed by atoms with E-state index in [2.05, 4.69) is 48.5 Å². The van der Waals surface area contributed by atoms with Gasteiger partial charge in [-0.1, -0.05) is 30.3 Å². The Morgan fingerprint density at radius 2 is 1.85 bits per heavy atom. The zero-order valence-electron chi connectivity index (χ0n) is 16.3. The first kappa shape index (κ1) is 18.1. The average molecular weight is 364 g/mol. The molecule has 1 aromatic carbocycles. The molecule has 4 rings (SSSR count). The van der Waals surface area contributed by atoms with Gasteiger partial charge in [0.25, 0.3) is 0 Å². The summed E-state index contributed by atoms with van der Waals surface area (Å²) in [5, 5.41) is 4.57. The topological polar surface area (TPSA) is 29.8 Å². The van der Waals surface area contributed by atoms with Crippen LogP contribution < -0.4 is 4.74 Å². The lowest BCUT2D eigenvalue weighted by molar-refractivity contribution is 0.250. The van der Waals surface area contributed by atoms with Crippen molar-refractivity contribution in [2.45, 2.75) is 38.2 Å². The summed E-state index contributed by atoms with van der Waals surface area (Å²) in [6.45, 7) is 1.80. The highest BCUT2D eigenvalue weighted by Crippen LogP contribution is 2.38. The fourth-order valence-electron chi connectivity index (χ4n) is 4.30. The summed E-state index contributed by atoms with van der Waals surface area (Å²) >= 11 is 0. The van der Waals surface area contributed by atoms with Crippen LogP contribution in [0.25, 0.3) is 5.52 Å². The van der Waals surface area contributed by atoms with Gasteiger partial charge in [0.15, 0.2) is 0 Å². The summed E-state index contributed by atoms with van der Waals surface area (Å²) in [6.07, 6.45) is 9.21. The molecule has 3 aromatic rings. The van der Waals surface area contributed by atoms with Gasteiger partial charge < -0.3 is 9.64 Å². The monoisotopic (exact) mass is 363 g/mol. The van der Waals surface area contributed by atoms with E-state index in [4.69, 9.17) is 4.74 Å². The molecule has 0 atom stereocenters. The second-order valence-electron chi connectivity index (χ2n) is 8.05. The van der Waals surface area contributed by atoms with Gasteiger partial charge in [0, 0.05) is 24.4 Å². The van der Waals surface area contributed by atoms with Gasteiger partial charge in [-0.25, -0.2) is 4.52 Å². The molecule has 0 radical (unpaired) electrons. The fourth-order valence-corrected chi connectivity index (χ4v) is 4.30. The number of nitrogens with zero attached hydrogens (tertiary/aromatic N) is 3. The molecule has 1 aliphatic rings. The second kappa shape index (κ2) is 8.13. The lowest BCUT2D eigenvalue weighted by Gasteiger charge is -2.30. The molecule has 2 heterocycles. The van der Waals surface area contributed by atoms with Crippen molar-refractivity contribution in [3.05, 3.63) is 66.0 Å². The van der Waals surface area contributed by atoms with E-state index in [9.17, 15) is 0 Å². The Hall–Kier alpha value is -2.33. The molecule has 1 aliphatic carbocycles. The molecule has 0 unspecified atom stereocenters. The largest absolute Gasteiger partial charge is 0.489 e. The van der Waals surface area contributed by atoms with Crippen molar-refractivity contribution in [2.75, 3.05) is 20.6 Å². The zero-order chi connectivity index (χ0) is 18.6. The highest BCUT2D eigenvalue weighted by molar-refractivity contribution is 5.58. The van der Waals surface area contributed by atoms with E-state index >= 15 is 0 Å². The van der Waals surface area contributed by atoms with Crippen LogP contribution in [0.1, 0.15) is 42.7 Å². The van der Waals surface area contributed by atoms with Crippen molar-refractivity contribution >= 4 is 5.52 Å². The lowest BCUT2D eigenvalue weighted by atomic mass is 9.79. The fraction of sp³-hybridized carbons (Fsp3) is 0.435. The van der Waals surface area contributed by atoms with Gasteiger partial charge >= 0.3 is 0 Å². The summed E-state index contributed by atoms with van der Waals surface area (Å²) in [5.41, 5.74) is 3.76. The highest BCUT2D eigenvalue weighted by atomic mass is 16.5. The Bertz CT molecular complexity index is 864. The maximum absolute atomic E-state index is 6.03. The van der Waals surface area contributed by atoms with Crippen molar-refractivity contribution < 1.29 is 4.74 Å². The molecule has 4 heteroatoms. The first-order valence-electron chi connectivity index (χ1n) is 9.98. The summed E-state index contributed by atoms with van der Waals surface area (Å²) in [5.74, 6) is 2.36. The van der Waals surface area contributed by atoms with E-state index in [1.807, 2.05) is 35.0 Å². The van der Waals surface area contributed by atoms with Gasteiger partial charge in [-0.3, -0.25) is 0 Å². The number of fused-ring (bicyclic) bond motifs is 1. The van der Waals surface area contributed by atoms with Crippen LogP contribution in [0, 0.1) is 5.92 Å². The van der Waals surface area contributed by atoms with Crippen molar-refractivity contribution in [3.63, 3.8) is 0 Å². The van der Waals surface area contributed by atoms with E-state index in [0.717, 1.165) is 11.7 Å². The van der Waals surface area contributed by atoms with Crippen LogP contribution in [-0.2, 0) is 6.61 Å². The van der Waals surface area contributed by atoms with Gasteiger partial charge in [-0.05, 0) is 63.2 Å². The molecular formula is C23H29N3O. The number of hydrogen-bond acceptors (Lipinski definition) is 3. The van der Waals surface area contributed by atoms with E-state index in [-0.39, 0.29) is 0 Å². The molecule has 0 spiro atoms. The van der Waals surface area contributed by atoms with E-state index in [0.29, 0.717) is 12.5 Å². The minimum atomic E-state index is 0.593. The van der Waals surface area contributed by atoms with E-state index in [1.54, 1.807) is 0 Å². The molecule has 2 aromatic heterocycles. The van der Waals surface area contributed by atoms with Crippen LogP contribution in [0.15, 0.2) is 54.9 Å². The van der Waals surface area contributed by atoms with Crippen molar-refractivity contribution in [3.8, 4) is 5.75 Å². The molecule has 0 aliphatic heterocycles. The summed E-state index contributed by atoms with van der Waals surface area (Å²) in [7, 11) is 4.35. The van der Waals surface area contributed by atoms with Crippen LogP contribution in [0.5, 0.6) is 5.75 Å². The smallest absolute Gasteiger partial charge is 0.123 e. The van der Waals surface area contributed by atoms with Crippen molar-refractivity contribution in [1.82, 2.24) is 14.5 Å². The van der Waals surface area contributed by atoms with Crippen molar-refractivity contribution in [2.24, 2.45) is 5.92 Å². The Morgan fingerprint density at radius 1 is 1.07 bits per heavy atom. The highest BCUT2D eigenvalue weighted by Gasteiger charge is 2.25. The maximum atomic E-state index is 6.03. The Kier molecular flexibility index (Phi) is 5.44. The number of aromatic nitrogens is 2. The van der Waals surface area contributed by atoms with Crippen LogP contribution in [0.2, 0.25) is 0 Å². The quantitative estimate of drug-likeness (QED) is 0.633. The lowest BCUT2D eigenvalue weighted by Crippen LogP contribution is -2.25. The zero-order valence-corrected chi connectivity index (χ0v) is 16.3. The predicted molar refractivity (Wildman–Crippen MR) is 109 cm³/mol. The summed E-state index contributed by atoms with van der Waals surface area (Å²) < 4.78 is 8.01. The van der Waals surface area contributed by atoms with Gasteiger partial charge in [-0.15, -0.1) is 0 Å². The van der Waals surface area contributed by atoms with Gasteiger partial charge in [-0.2, -0.15) is 5.10 Å². The molecule has 1 saturated carbocycles. The van der Waals surface area contributed by atoms with Crippen LogP contribution in [0.3, 0.4) is 0 Å². The minimum absolute atomic E-state index is 0.593. The molecule has 0 bridgehead atoms. The normalized spacial score (nSPS) is 20.3. The molecule has 1 fully saturated rings. The van der Waals surface area contributed by atoms with Crippen LogP contribution >= 0.6 is 0 Å². The number of pyridine rings is 1. The average Bonchev–Trinajstić information content (AvgIpc) is 3.11. The number of rotatable bonds is 6. The molecule has 0 N–H and O–H groups in total. The van der Waals surface area contributed by atoms with Crippen LogP contribution in [-0.4, -0.2) is 35.2 Å². The van der Waals surface area contributed by atoms with Gasteiger partial charge in [0.05, 0.1) is 11.7 Å². The summed E-state index contributed by atoms with van der Waals surface area (Å²) in [4.78, 5) is 2.32. The molecule has 27 heavy (non-hydrogen) atoms. The third kappa shape index (κ3) is 4.33. The number of benzene rings is 1. The van der Waals surface area contributed by atoms with E-state index < -0.39 is 0 Å². The maximum Gasteiger partial charge on any atom is 0.123 e. The third-order valence-corrected chi connectivity index (χ3v) is 5.68. The standard InChI is InChI=1S/C23H29N3O/c1-25(2)16-18-8-10-20(11-9-18)22-15-24-26-13-12-21(14-23(22)26)27-17-19-6-4-3-5-7-19/h3-7,12-15,18,20H,8-11,16-17H2,1-2H3/t18-,20-. The first-order chi connectivity index (χ1) is 13.2. The molecule has 0 amide bonds.